The Labute approximate surface area is 158 Å². The Bertz CT molecular complexity index is 765. The topological polar surface area (TPSA) is 63.1 Å². The SMILES string of the molecule is O=C(CCc1ccc(Cl)cc1)N1CCC(c2nnc3n2CCNC3)CC1. The van der Waals surface area contributed by atoms with Crippen LogP contribution in [0.3, 0.4) is 0 Å². The lowest BCUT2D eigenvalue weighted by molar-refractivity contribution is -0.132. The number of halogens is 1. The molecule has 0 aliphatic carbocycles. The highest BCUT2D eigenvalue weighted by molar-refractivity contribution is 6.30. The molecule has 0 spiro atoms. The first-order chi connectivity index (χ1) is 12.7. The minimum absolute atomic E-state index is 0.242. The molecule has 0 atom stereocenters. The highest BCUT2D eigenvalue weighted by Gasteiger charge is 2.28. The van der Waals surface area contributed by atoms with Crippen LogP contribution < -0.4 is 5.32 Å². The standard InChI is InChI=1S/C19H24ClN5O/c20-16-4-1-14(2-5-16)3-6-18(26)24-10-7-15(8-11-24)19-23-22-17-13-21-9-12-25(17)19/h1-2,4-5,15,21H,3,6-13H2. The monoisotopic (exact) mass is 373 g/mol. The van der Waals surface area contributed by atoms with E-state index in [0.717, 1.165) is 74.2 Å². The number of hydrogen-bond donors (Lipinski definition) is 1. The predicted octanol–water partition coefficient (Wildman–Crippen LogP) is 2.37. The zero-order chi connectivity index (χ0) is 17.9. The van der Waals surface area contributed by atoms with E-state index in [4.69, 9.17) is 11.6 Å². The number of aromatic nitrogens is 3. The van der Waals surface area contributed by atoms with Crippen LogP contribution in [0, 0.1) is 0 Å². The molecule has 1 N–H and O–H groups in total. The van der Waals surface area contributed by atoms with Gasteiger partial charge in [-0.1, -0.05) is 23.7 Å². The number of benzene rings is 1. The molecule has 7 heteroatoms. The fourth-order valence-corrected chi connectivity index (χ4v) is 3.99. The average Bonchev–Trinajstić information content (AvgIpc) is 3.11. The van der Waals surface area contributed by atoms with Gasteiger partial charge in [0.25, 0.3) is 0 Å². The summed E-state index contributed by atoms with van der Waals surface area (Å²) in [6.07, 6.45) is 3.26. The number of carbonyl (C=O) groups excluding carboxylic acids is 1. The van der Waals surface area contributed by atoms with E-state index in [0.29, 0.717) is 12.3 Å². The quantitative estimate of drug-likeness (QED) is 0.893. The Morgan fingerprint density at radius 3 is 2.69 bits per heavy atom. The second-order valence-electron chi connectivity index (χ2n) is 7.08. The van der Waals surface area contributed by atoms with E-state index in [-0.39, 0.29) is 5.91 Å². The van der Waals surface area contributed by atoms with Crippen molar-refractivity contribution in [3.8, 4) is 0 Å². The number of aryl methyl sites for hydroxylation is 1. The molecular weight excluding hydrogens is 350 g/mol. The first-order valence-corrected chi connectivity index (χ1v) is 9.73. The third kappa shape index (κ3) is 3.76. The van der Waals surface area contributed by atoms with Gasteiger partial charge in [-0.05, 0) is 37.0 Å². The number of amides is 1. The minimum atomic E-state index is 0.242. The number of piperidine rings is 1. The van der Waals surface area contributed by atoms with Crippen LogP contribution in [-0.2, 0) is 24.3 Å². The molecular formula is C19H24ClN5O. The minimum Gasteiger partial charge on any atom is -0.343 e. The van der Waals surface area contributed by atoms with E-state index in [2.05, 4.69) is 20.1 Å². The lowest BCUT2D eigenvalue weighted by Crippen LogP contribution is -2.39. The van der Waals surface area contributed by atoms with Crippen molar-refractivity contribution in [2.75, 3.05) is 19.6 Å². The van der Waals surface area contributed by atoms with Crippen LogP contribution in [0.25, 0.3) is 0 Å². The molecule has 1 aromatic carbocycles. The third-order valence-corrected chi connectivity index (χ3v) is 5.66. The van der Waals surface area contributed by atoms with Gasteiger partial charge in [0.2, 0.25) is 5.91 Å². The molecule has 4 rings (SSSR count). The van der Waals surface area contributed by atoms with Crippen LogP contribution in [0.4, 0.5) is 0 Å². The second-order valence-corrected chi connectivity index (χ2v) is 7.52. The molecule has 26 heavy (non-hydrogen) atoms. The largest absolute Gasteiger partial charge is 0.343 e. The van der Waals surface area contributed by atoms with Gasteiger partial charge < -0.3 is 14.8 Å². The van der Waals surface area contributed by atoms with Crippen molar-refractivity contribution in [3.63, 3.8) is 0 Å². The molecule has 2 aromatic rings. The highest BCUT2D eigenvalue weighted by atomic mass is 35.5. The molecule has 0 bridgehead atoms. The summed E-state index contributed by atoms with van der Waals surface area (Å²) in [5.41, 5.74) is 1.15. The average molecular weight is 374 g/mol. The maximum atomic E-state index is 12.5. The van der Waals surface area contributed by atoms with Crippen LogP contribution >= 0.6 is 11.6 Å². The van der Waals surface area contributed by atoms with E-state index in [1.807, 2.05) is 29.2 Å². The molecule has 1 saturated heterocycles. The van der Waals surface area contributed by atoms with Crippen LogP contribution in [0.2, 0.25) is 5.02 Å². The Morgan fingerprint density at radius 2 is 1.92 bits per heavy atom. The summed E-state index contributed by atoms with van der Waals surface area (Å²) in [5, 5.41) is 12.8. The van der Waals surface area contributed by atoms with Crippen molar-refractivity contribution in [3.05, 3.63) is 46.5 Å². The molecule has 1 fully saturated rings. The number of rotatable bonds is 4. The van der Waals surface area contributed by atoms with E-state index in [9.17, 15) is 4.79 Å². The number of carbonyl (C=O) groups is 1. The van der Waals surface area contributed by atoms with Crippen molar-refractivity contribution < 1.29 is 4.79 Å². The summed E-state index contributed by atoms with van der Waals surface area (Å²) in [7, 11) is 0. The van der Waals surface area contributed by atoms with Crippen molar-refractivity contribution in [2.45, 2.75) is 44.7 Å². The molecule has 0 radical (unpaired) electrons. The van der Waals surface area contributed by atoms with Gasteiger partial charge >= 0.3 is 0 Å². The van der Waals surface area contributed by atoms with Crippen LogP contribution in [0.15, 0.2) is 24.3 Å². The lowest BCUT2D eigenvalue weighted by atomic mass is 9.95. The van der Waals surface area contributed by atoms with Gasteiger partial charge in [0, 0.05) is 43.5 Å². The number of fused-ring (bicyclic) bond motifs is 1. The van der Waals surface area contributed by atoms with Crippen LogP contribution in [0.5, 0.6) is 0 Å². The maximum Gasteiger partial charge on any atom is 0.222 e. The number of likely N-dealkylation sites (tertiary alicyclic amines) is 1. The lowest BCUT2D eigenvalue weighted by Gasteiger charge is -2.32. The molecule has 1 aromatic heterocycles. The van der Waals surface area contributed by atoms with E-state index in [1.165, 1.54) is 0 Å². The van der Waals surface area contributed by atoms with Gasteiger partial charge in [0.15, 0.2) is 0 Å². The van der Waals surface area contributed by atoms with Crippen molar-refractivity contribution in [2.24, 2.45) is 0 Å². The van der Waals surface area contributed by atoms with Gasteiger partial charge in [-0.25, -0.2) is 0 Å². The second kappa shape index (κ2) is 7.76. The fraction of sp³-hybridized carbons (Fsp3) is 0.526. The van der Waals surface area contributed by atoms with Crippen molar-refractivity contribution in [1.29, 1.82) is 0 Å². The van der Waals surface area contributed by atoms with Crippen molar-refractivity contribution >= 4 is 17.5 Å². The molecule has 2 aliphatic rings. The zero-order valence-corrected chi connectivity index (χ0v) is 15.6. The van der Waals surface area contributed by atoms with Gasteiger partial charge in [-0.15, -0.1) is 10.2 Å². The Balaban J connectivity index is 1.30. The Morgan fingerprint density at radius 1 is 1.15 bits per heavy atom. The zero-order valence-electron chi connectivity index (χ0n) is 14.8. The van der Waals surface area contributed by atoms with E-state index < -0.39 is 0 Å². The maximum absolute atomic E-state index is 12.5. The molecule has 0 saturated carbocycles. The molecule has 1 amide bonds. The summed E-state index contributed by atoms with van der Waals surface area (Å²) in [6.45, 7) is 4.34. The van der Waals surface area contributed by atoms with Gasteiger partial charge in [-0.2, -0.15) is 0 Å². The predicted molar refractivity (Wildman–Crippen MR) is 100 cm³/mol. The molecule has 2 aliphatic heterocycles. The number of nitrogens with zero attached hydrogens (tertiary/aromatic N) is 4. The van der Waals surface area contributed by atoms with Crippen LogP contribution in [-0.4, -0.2) is 45.2 Å². The summed E-state index contributed by atoms with van der Waals surface area (Å²) >= 11 is 5.91. The Kier molecular flexibility index (Phi) is 5.22. The normalized spacial score (nSPS) is 18.0. The molecule has 0 unspecified atom stereocenters. The van der Waals surface area contributed by atoms with Gasteiger partial charge in [0.05, 0.1) is 6.54 Å². The summed E-state index contributed by atoms with van der Waals surface area (Å²) in [5.74, 6) is 2.79. The smallest absolute Gasteiger partial charge is 0.222 e. The first-order valence-electron chi connectivity index (χ1n) is 9.35. The highest BCUT2D eigenvalue weighted by Crippen LogP contribution is 2.28. The fourth-order valence-electron chi connectivity index (χ4n) is 3.86. The summed E-state index contributed by atoms with van der Waals surface area (Å²) in [6, 6.07) is 7.74. The Hall–Kier alpha value is -1.92. The van der Waals surface area contributed by atoms with E-state index >= 15 is 0 Å². The molecule has 6 nitrogen and oxygen atoms in total. The molecule has 138 valence electrons. The van der Waals surface area contributed by atoms with Gasteiger partial charge in [-0.3, -0.25) is 4.79 Å². The first kappa shape index (κ1) is 17.5. The third-order valence-electron chi connectivity index (χ3n) is 5.40. The number of hydrogen-bond acceptors (Lipinski definition) is 4. The van der Waals surface area contributed by atoms with Crippen LogP contribution in [0.1, 0.15) is 42.4 Å². The van der Waals surface area contributed by atoms with Crippen molar-refractivity contribution in [1.82, 2.24) is 25.0 Å². The van der Waals surface area contributed by atoms with E-state index in [1.54, 1.807) is 0 Å². The summed E-state index contributed by atoms with van der Waals surface area (Å²) in [4.78, 5) is 14.5. The number of nitrogens with one attached hydrogen (secondary N) is 1. The molecule has 3 heterocycles. The summed E-state index contributed by atoms with van der Waals surface area (Å²) < 4.78 is 2.26. The van der Waals surface area contributed by atoms with Gasteiger partial charge in [0.1, 0.15) is 11.6 Å².